The van der Waals surface area contributed by atoms with Crippen LogP contribution in [0, 0.1) is 11.8 Å². The topological polar surface area (TPSA) is 89.3 Å². The Morgan fingerprint density at radius 3 is 2.38 bits per heavy atom. The summed E-state index contributed by atoms with van der Waals surface area (Å²) < 4.78 is 0. The van der Waals surface area contributed by atoms with Crippen molar-refractivity contribution in [2.45, 2.75) is 12.8 Å². The lowest BCUT2D eigenvalue weighted by Crippen LogP contribution is -2.35. The summed E-state index contributed by atoms with van der Waals surface area (Å²) in [7, 11) is 1.48. The number of rotatable bonds is 2. The first kappa shape index (κ1) is 9.70. The van der Waals surface area contributed by atoms with Crippen molar-refractivity contribution in [2.24, 2.45) is 17.6 Å². The molecule has 0 aromatic rings. The minimum atomic E-state index is -0.618. The quantitative estimate of drug-likeness (QED) is 0.565. The van der Waals surface area contributed by atoms with Crippen molar-refractivity contribution in [1.82, 2.24) is 5.32 Å². The number of nitrogens with one attached hydrogen (secondary N) is 1. The Kier molecular flexibility index (Phi) is 2.65. The standard InChI is InChI=1S/C8H12N2O3/c1-10-8(13)6-3-4(11)2-5(6)7(9)12/h5-6H,2-3H2,1H3,(H2,9,12)(H,10,13)/t5-,6?/m0/s1. The third-order valence-electron chi connectivity index (χ3n) is 2.33. The summed E-state index contributed by atoms with van der Waals surface area (Å²) >= 11 is 0. The van der Waals surface area contributed by atoms with E-state index in [1.165, 1.54) is 7.05 Å². The molecule has 0 aromatic carbocycles. The van der Waals surface area contributed by atoms with Crippen LogP contribution >= 0.6 is 0 Å². The summed E-state index contributed by atoms with van der Waals surface area (Å²) in [5.41, 5.74) is 5.07. The molecule has 72 valence electrons. The van der Waals surface area contributed by atoms with Crippen LogP contribution in [0.25, 0.3) is 0 Å². The molecule has 0 aliphatic heterocycles. The van der Waals surface area contributed by atoms with Gasteiger partial charge in [-0.25, -0.2) is 0 Å². The van der Waals surface area contributed by atoms with Gasteiger partial charge in [0.25, 0.3) is 0 Å². The molecule has 3 N–H and O–H groups in total. The first-order valence-corrected chi connectivity index (χ1v) is 4.09. The van der Waals surface area contributed by atoms with E-state index in [1.54, 1.807) is 0 Å². The first-order chi connectivity index (χ1) is 6.06. The van der Waals surface area contributed by atoms with E-state index >= 15 is 0 Å². The van der Waals surface area contributed by atoms with E-state index < -0.39 is 17.7 Å². The highest BCUT2D eigenvalue weighted by Gasteiger charge is 2.40. The van der Waals surface area contributed by atoms with E-state index in [2.05, 4.69) is 5.32 Å². The summed E-state index contributed by atoms with van der Waals surface area (Å²) in [6, 6.07) is 0. The third-order valence-corrected chi connectivity index (χ3v) is 2.33. The second kappa shape index (κ2) is 3.55. The first-order valence-electron chi connectivity index (χ1n) is 4.09. The Labute approximate surface area is 75.7 Å². The van der Waals surface area contributed by atoms with Crippen LogP contribution in [0.2, 0.25) is 0 Å². The molecule has 13 heavy (non-hydrogen) atoms. The summed E-state index contributed by atoms with van der Waals surface area (Å²) in [5.74, 6) is -2.10. The lowest BCUT2D eigenvalue weighted by Gasteiger charge is -2.12. The second-order valence-corrected chi connectivity index (χ2v) is 3.18. The number of carbonyl (C=O) groups excluding carboxylic acids is 3. The number of Topliss-reactive ketones (excluding diaryl/α,β-unsaturated/α-hetero) is 1. The van der Waals surface area contributed by atoms with Gasteiger partial charge in [0.15, 0.2) is 0 Å². The number of primary amides is 1. The SMILES string of the molecule is CNC(=O)C1CC(=O)C[C@@H]1C(N)=O. The third kappa shape index (κ3) is 1.85. The van der Waals surface area contributed by atoms with Gasteiger partial charge in [0.1, 0.15) is 5.78 Å². The van der Waals surface area contributed by atoms with Crippen LogP contribution in [-0.2, 0) is 14.4 Å². The minimum Gasteiger partial charge on any atom is -0.369 e. The molecule has 1 fully saturated rings. The Bertz CT molecular complexity index is 262. The Morgan fingerprint density at radius 2 is 1.92 bits per heavy atom. The molecule has 1 rings (SSSR count). The molecule has 0 saturated heterocycles. The molecular formula is C8H12N2O3. The van der Waals surface area contributed by atoms with Crippen molar-refractivity contribution < 1.29 is 14.4 Å². The summed E-state index contributed by atoms with van der Waals surface area (Å²) in [5, 5.41) is 2.41. The second-order valence-electron chi connectivity index (χ2n) is 3.18. The normalized spacial score (nSPS) is 27.3. The minimum absolute atomic E-state index is 0.0719. The van der Waals surface area contributed by atoms with Gasteiger partial charge in [0.2, 0.25) is 11.8 Å². The average Bonchev–Trinajstić information content (AvgIpc) is 2.46. The zero-order valence-electron chi connectivity index (χ0n) is 7.37. The molecule has 1 aliphatic rings. The zero-order chi connectivity index (χ0) is 10.0. The van der Waals surface area contributed by atoms with Crippen LogP contribution < -0.4 is 11.1 Å². The van der Waals surface area contributed by atoms with E-state index in [1.807, 2.05) is 0 Å². The van der Waals surface area contributed by atoms with Gasteiger partial charge in [-0.3, -0.25) is 14.4 Å². The van der Waals surface area contributed by atoms with Crippen LogP contribution in [0.4, 0.5) is 0 Å². The number of amides is 2. The summed E-state index contributed by atoms with van der Waals surface area (Å²) in [4.78, 5) is 33.1. The van der Waals surface area contributed by atoms with Crippen LogP contribution in [0.15, 0.2) is 0 Å². The maximum Gasteiger partial charge on any atom is 0.224 e. The van der Waals surface area contributed by atoms with Crippen molar-refractivity contribution in [3.63, 3.8) is 0 Å². The van der Waals surface area contributed by atoms with Gasteiger partial charge in [-0.15, -0.1) is 0 Å². The van der Waals surface area contributed by atoms with Crippen molar-refractivity contribution in [3.05, 3.63) is 0 Å². The van der Waals surface area contributed by atoms with Gasteiger partial charge >= 0.3 is 0 Å². The average molecular weight is 184 g/mol. The lowest BCUT2D eigenvalue weighted by atomic mass is 9.95. The molecule has 0 bridgehead atoms. The highest BCUT2D eigenvalue weighted by atomic mass is 16.2. The highest BCUT2D eigenvalue weighted by Crippen LogP contribution is 2.28. The molecule has 2 atom stereocenters. The largest absolute Gasteiger partial charge is 0.369 e. The van der Waals surface area contributed by atoms with E-state index in [9.17, 15) is 14.4 Å². The van der Waals surface area contributed by atoms with E-state index in [-0.39, 0.29) is 24.5 Å². The van der Waals surface area contributed by atoms with Crippen LogP contribution in [0.3, 0.4) is 0 Å². The molecule has 2 amide bonds. The maximum atomic E-state index is 11.2. The molecule has 0 aromatic heterocycles. The molecule has 1 unspecified atom stereocenters. The predicted molar refractivity (Wildman–Crippen MR) is 44.5 cm³/mol. The zero-order valence-corrected chi connectivity index (χ0v) is 7.37. The number of ketones is 1. The van der Waals surface area contributed by atoms with Crippen molar-refractivity contribution >= 4 is 17.6 Å². The number of hydrogen-bond acceptors (Lipinski definition) is 3. The van der Waals surface area contributed by atoms with Crippen LogP contribution in [0.5, 0.6) is 0 Å². The van der Waals surface area contributed by atoms with E-state index in [4.69, 9.17) is 5.73 Å². The van der Waals surface area contributed by atoms with Gasteiger partial charge in [-0.05, 0) is 0 Å². The molecule has 5 heteroatoms. The number of carbonyl (C=O) groups is 3. The van der Waals surface area contributed by atoms with Crippen LogP contribution in [0.1, 0.15) is 12.8 Å². The maximum absolute atomic E-state index is 11.2. The van der Waals surface area contributed by atoms with Crippen LogP contribution in [-0.4, -0.2) is 24.6 Å². The Balaban J connectivity index is 2.77. The number of hydrogen-bond donors (Lipinski definition) is 2. The van der Waals surface area contributed by atoms with Crippen molar-refractivity contribution in [1.29, 1.82) is 0 Å². The predicted octanol–water partition coefficient (Wildman–Crippen LogP) is -1.19. The molecule has 1 aliphatic carbocycles. The number of nitrogens with two attached hydrogens (primary N) is 1. The van der Waals surface area contributed by atoms with Gasteiger partial charge in [0.05, 0.1) is 11.8 Å². The highest BCUT2D eigenvalue weighted by molar-refractivity contribution is 5.97. The fraction of sp³-hybridized carbons (Fsp3) is 0.625. The van der Waals surface area contributed by atoms with E-state index in [0.29, 0.717) is 0 Å². The van der Waals surface area contributed by atoms with E-state index in [0.717, 1.165) is 0 Å². The molecule has 0 heterocycles. The smallest absolute Gasteiger partial charge is 0.224 e. The Morgan fingerprint density at radius 1 is 1.38 bits per heavy atom. The van der Waals surface area contributed by atoms with Crippen molar-refractivity contribution in [2.75, 3.05) is 7.05 Å². The van der Waals surface area contributed by atoms with Crippen molar-refractivity contribution in [3.8, 4) is 0 Å². The fourth-order valence-corrected chi connectivity index (χ4v) is 1.62. The summed E-state index contributed by atoms with van der Waals surface area (Å²) in [6.45, 7) is 0. The molecular weight excluding hydrogens is 172 g/mol. The molecule has 1 saturated carbocycles. The molecule has 5 nitrogen and oxygen atoms in total. The summed E-state index contributed by atoms with van der Waals surface area (Å²) in [6.07, 6.45) is 0.237. The van der Waals surface area contributed by atoms with Gasteiger partial charge < -0.3 is 11.1 Å². The fourth-order valence-electron chi connectivity index (χ4n) is 1.62. The van der Waals surface area contributed by atoms with Gasteiger partial charge in [-0.2, -0.15) is 0 Å². The Hall–Kier alpha value is -1.39. The monoisotopic (exact) mass is 184 g/mol. The molecule has 0 spiro atoms. The van der Waals surface area contributed by atoms with Gasteiger partial charge in [-0.1, -0.05) is 0 Å². The van der Waals surface area contributed by atoms with Gasteiger partial charge in [0, 0.05) is 19.9 Å². The lowest BCUT2D eigenvalue weighted by molar-refractivity contribution is -0.131. The molecule has 0 radical (unpaired) electrons.